The van der Waals surface area contributed by atoms with Gasteiger partial charge in [-0.25, -0.2) is 9.98 Å². The third kappa shape index (κ3) is 5.78. The number of hydrogen-bond acceptors (Lipinski definition) is 8. The second-order valence-corrected chi connectivity index (χ2v) is 15.9. The quantitative estimate of drug-likeness (QED) is 0.256. The van der Waals surface area contributed by atoms with E-state index >= 15 is 0 Å². The third-order valence-electron chi connectivity index (χ3n) is 7.03. The molecule has 38 heavy (non-hydrogen) atoms. The molecule has 2 aromatic heterocycles. The van der Waals surface area contributed by atoms with Gasteiger partial charge in [0, 0.05) is 20.3 Å². The van der Waals surface area contributed by atoms with Crippen molar-refractivity contribution in [1.29, 1.82) is 0 Å². The van der Waals surface area contributed by atoms with Crippen molar-refractivity contribution < 1.29 is 14.3 Å². The first-order valence-corrected chi connectivity index (χ1v) is 15.5. The molecule has 3 heterocycles. The number of aliphatic hydroxyl groups is 1. The maximum Gasteiger partial charge on any atom is 0.280 e. The fraction of sp³-hybridized carbons (Fsp3) is 0.500. The molecular formula is C26H37N7O4Si. The number of aromatic nitrogens is 4. The molecule has 0 spiro atoms. The predicted octanol–water partition coefficient (Wildman–Crippen LogP) is 3.11. The van der Waals surface area contributed by atoms with Crippen LogP contribution >= 0.6 is 0 Å². The highest BCUT2D eigenvalue weighted by Gasteiger charge is 2.51. The Balaban J connectivity index is 1.81. The van der Waals surface area contributed by atoms with E-state index in [2.05, 4.69) is 53.8 Å². The van der Waals surface area contributed by atoms with Crippen molar-refractivity contribution in [3.63, 3.8) is 0 Å². The number of nitrogens with zero attached hydrogens (tertiary/aromatic N) is 6. The summed E-state index contributed by atoms with van der Waals surface area (Å²) in [5.41, 5.74) is 1.01. The van der Waals surface area contributed by atoms with E-state index in [9.17, 15) is 9.90 Å². The van der Waals surface area contributed by atoms with Crippen LogP contribution in [0.5, 0.6) is 0 Å². The summed E-state index contributed by atoms with van der Waals surface area (Å²) in [4.78, 5) is 35.1. The summed E-state index contributed by atoms with van der Waals surface area (Å²) in [6.45, 7) is 10.6. The lowest BCUT2D eigenvalue weighted by atomic mass is 10.1. The molecule has 1 fully saturated rings. The standard InChI is InChI=1S/C26H37N7O4Si/c1-26(2,3)38(6,7)37-21-19(27-13-17-11-9-8-10-12-17)18(14-34)36-24(21)33-16-28-20-22(33)30-25(31-23(20)35)29-15-32(4)5/h8-13,15-16,18-19,21,24,34H,14H2,1-7H3,(H,30,31,35)/t18-,19-,21-,24-/m1/s1. The van der Waals surface area contributed by atoms with Gasteiger partial charge in [0.05, 0.1) is 19.3 Å². The molecule has 0 aliphatic carbocycles. The van der Waals surface area contributed by atoms with Crippen LogP contribution in [0.3, 0.4) is 0 Å². The van der Waals surface area contributed by atoms with E-state index in [1.54, 1.807) is 22.0 Å². The molecule has 4 rings (SSSR count). The zero-order valence-electron chi connectivity index (χ0n) is 23.0. The third-order valence-corrected chi connectivity index (χ3v) is 11.5. The van der Waals surface area contributed by atoms with E-state index in [0.29, 0.717) is 5.65 Å². The number of benzene rings is 1. The molecule has 1 saturated heterocycles. The van der Waals surface area contributed by atoms with E-state index in [1.165, 1.54) is 6.33 Å². The Morgan fingerprint density at radius 3 is 2.61 bits per heavy atom. The summed E-state index contributed by atoms with van der Waals surface area (Å²) in [5, 5.41) is 10.2. The van der Waals surface area contributed by atoms with Crippen LogP contribution < -0.4 is 5.56 Å². The minimum atomic E-state index is -2.32. The largest absolute Gasteiger partial charge is 0.407 e. The van der Waals surface area contributed by atoms with E-state index < -0.39 is 38.4 Å². The number of ether oxygens (including phenoxy) is 1. The van der Waals surface area contributed by atoms with Gasteiger partial charge in [-0.3, -0.25) is 19.3 Å². The molecule has 1 aliphatic heterocycles. The number of aliphatic imine (C=N–C) groups is 2. The van der Waals surface area contributed by atoms with Crippen molar-refractivity contribution in [2.75, 3.05) is 20.7 Å². The first-order valence-electron chi connectivity index (χ1n) is 12.6. The summed E-state index contributed by atoms with van der Waals surface area (Å²) in [7, 11) is 1.33. The molecular weight excluding hydrogens is 502 g/mol. The predicted molar refractivity (Wildman–Crippen MR) is 151 cm³/mol. The van der Waals surface area contributed by atoms with Gasteiger partial charge in [-0.2, -0.15) is 4.98 Å². The Morgan fingerprint density at radius 2 is 1.97 bits per heavy atom. The summed E-state index contributed by atoms with van der Waals surface area (Å²) in [5.74, 6) is 0.148. The van der Waals surface area contributed by atoms with Crippen molar-refractivity contribution in [2.45, 2.75) is 63.4 Å². The Hall–Kier alpha value is -3.19. The van der Waals surface area contributed by atoms with E-state index in [1.807, 2.05) is 44.4 Å². The van der Waals surface area contributed by atoms with Gasteiger partial charge in [0.1, 0.15) is 18.2 Å². The van der Waals surface area contributed by atoms with Crippen molar-refractivity contribution in [3.05, 3.63) is 52.6 Å². The lowest BCUT2D eigenvalue weighted by Gasteiger charge is -2.40. The summed E-state index contributed by atoms with van der Waals surface area (Å²) < 4.78 is 15.0. The highest BCUT2D eigenvalue weighted by atomic mass is 28.4. The summed E-state index contributed by atoms with van der Waals surface area (Å²) >= 11 is 0. The molecule has 2 N–H and O–H groups in total. The Kier molecular flexibility index (Phi) is 7.97. The van der Waals surface area contributed by atoms with Gasteiger partial charge in [-0.05, 0) is 23.7 Å². The number of H-pyrrole nitrogens is 1. The van der Waals surface area contributed by atoms with Crippen molar-refractivity contribution >= 4 is 38.0 Å². The highest BCUT2D eigenvalue weighted by molar-refractivity contribution is 6.74. The Labute approximate surface area is 223 Å². The molecule has 11 nitrogen and oxygen atoms in total. The van der Waals surface area contributed by atoms with Crippen molar-refractivity contribution in [1.82, 2.24) is 24.4 Å². The Morgan fingerprint density at radius 1 is 1.26 bits per heavy atom. The number of hydrogen-bond donors (Lipinski definition) is 2. The van der Waals surface area contributed by atoms with Crippen LogP contribution in [0.15, 0.2) is 51.4 Å². The first kappa shape index (κ1) is 27.8. The van der Waals surface area contributed by atoms with Crippen LogP contribution in [-0.4, -0.2) is 89.3 Å². The molecule has 4 atom stereocenters. The van der Waals surface area contributed by atoms with E-state index in [-0.39, 0.29) is 23.1 Å². The topological polar surface area (TPSA) is 130 Å². The SMILES string of the molecule is CN(C)C=Nc1nc2c(ncn2[C@@H]2O[C@H](CO)[C@@H](N=Cc3ccccc3)[C@H]2O[Si](C)(C)C(C)(C)C)c(=O)[nH]1. The van der Waals surface area contributed by atoms with Gasteiger partial charge in [-0.15, -0.1) is 0 Å². The zero-order chi connectivity index (χ0) is 27.7. The van der Waals surface area contributed by atoms with Crippen LogP contribution in [0, 0.1) is 0 Å². The second-order valence-electron chi connectivity index (χ2n) is 11.2. The molecule has 0 bridgehead atoms. The smallest absolute Gasteiger partial charge is 0.280 e. The number of imidazole rings is 1. The Bertz CT molecular complexity index is 1360. The number of aromatic amines is 1. The van der Waals surface area contributed by atoms with Crippen LogP contribution in [0.1, 0.15) is 32.6 Å². The average Bonchev–Trinajstić information content (AvgIpc) is 3.42. The maximum absolute atomic E-state index is 12.8. The molecule has 0 radical (unpaired) electrons. The number of nitrogens with one attached hydrogen (secondary N) is 1. The molecule has 0 unspecified atom stereocenters. The van der Waals surface area contributed by atoms with Gasteiger partial charge in [0.2, 0.25) is 5.95 Å². The number of fused-ring (bicyclic) bond motifs is 1. The van der Waals surface area contributed by atoms with Crippen LogP contribution in [0.25, 0.3) is 11.2 Å². The second kappa shape index (κ2) is 10.9. The van der Waals surface area contributed by atoms with E-state index in [0.717, 1.165) is 5.56 Å². The molecule has 1 aromatic carbocycles. The van der Waals surface area contributed by atoms with Gasteiger partial charge in [0.15, 0.2) is 25.7 Å². The van der Waals surface area contributed by atoms with Crippen molar-refractivity contribution in [2.24, 2.45) is 9.98 Å². The molecule has 1 aliphatic rings. The average molecular weight is 540 g/mol. The summed E-state index contributed by atoms with van der Waals surface area (Å²) in [6.07, 6.45) is 2.96. The fourth-order valence-corrected chi connectivity index (χ4v) is 5.25. The lowest BCUT2D eigenvalue weighted by molar-refractivity contribution is -0.0462. The summed E-state index contributed by atoms with van der Waals surface area (Å²) in [6, 6.07) is 9.26. The molecule has 204 valence electrons. The van der Waals surface area contributed by atoms with Crippen LogP contribution in [-0.2, 0) is 9.16 Å². The lowest BCUT2D eigenvalue weighted by Crippen LogP contribution is -2.48. The van der Waals surface area contributed by atoms with Gasteiger partial charge in [0.25, 0.3) is 5.56 Å². The molecule has 3 aromatic rings. The van der Waals surface area contributed by atoms with E-state index in [4.69, 9.17) is 14.2 Å². The van der Waals surface area contributed by atoms with Gasteiger partial charge in [-0.1, -0.05) is 51.1 Å². The number of rotatable bonds is 8. The molecule has 0 amide bonds. The number of aliphatic hydroxyl groups excluding tert-OH is 1. The first-order chi connectivity index (χ1) is 17.9. The fourth-order valence-electron chi connectivity index (χ4n) is 3.96. The van der Waals surface area contributed by atoms with Crippen molar-refractivity contribution in [3.8, 4) is 0 Å². The van der Waals surface area contributed by atoms with Crippen LogP contribution in [0.4, 0.5) is 5.95 Å². The highest BCUT2D eigenvalue weighted by Crippen LogP contribution is 2.43. The van der Waals surface area contributed by atoms with Gasteiger partial charge >= 0.3 is 0 Å². The van der Waals surface area contributed by atoms with Gasteiger partial charge < -0.3 is 19.2 Å². The monoisotopic (exact) mass is 539 g/mol. The maximum atomic E-state index is 12.8. The minimum Gasteiger partial charge on any atom is -0.407 e. The molecule has 0 saturated carbocycles. The minimum absolute atomic E-state index is 0.0803. The normalized spacial score (nSPS) is 22.7. The molecule has 12 heteroatoms. The van der Waals surface area contributed by atoms with Crippen LogP contribution in [0.2, 0.25) is 18.1 Å². The zero-order valence-corrected chi connectivity index (χ0v) is 24.0.